The lowest BCUT2D eigenvalue weighted by molar-refractivity contribution is 0.124. The summed E-state index contributed by atoms with van der Waals surface area (Å²) in [5.41, 5.74) is 2.32. The highest BCUT2D eigenvalue weighted by Crippen LogP contribution is 2.12. The highest BCUT2D eigenvalue weighted by atomic mass is 16.5. The van der Waals surface area contributed by atoms with Gasteiger partial charge in [-0.15, -0.1) is 6.58 Å². The monoisotopic (exact) mass is 206 g/mol. The van der Waals surface area contributed by atoms with Crippen LogP contribution in [0.15, 0.2) is 36.4 Å². The SMILES string of the molecule is C=C(C)CCOCc1ccc(OC)cc1. The van der Waals surface area contributed by atoms with Crippen molar-refractivity contribution < 1.29 is 9.47 Å². The smallest absolute Gasteiger partial charge is 0.118 e. The van der Waals surface area contributed by atoms with Crippen LogP contribution in [0.2, 0.25) is 0 Å². The minimum absolute atomic E-state index is 0.650. The lowest BCUT2D eigenvalue weighted by Gasteiger charge is -2.05. The summed E-state index contributed by atoms with van der Waals surface area (Å²) in [6, 6.07) is 7.91. The highest BCUT2D eigenvalue weighted by molar-refractivity contribution is 5.26. The molecule has 2 heteroatoms. The Morgan fingerprint density at radius 1 is 1.27 bits per heavy atom. The van der Waals surface area contributed by atoms with Gasteiger partial charge in [-0.2, -0.15) is 0 Å². The Labute approximate surface area is 91.5 Å². The van der Waals surface area contributed by atoms with Crippen molar-refractivity contribution in [1.82, 2.24) is 0 Å². The predicted octanol–water partition coefficient (Wildman–Crippen LogP) is 3.18. The summed E-state index contributed by atoms with van der Waals surface area (Å²) in [4.78, 5) is 0. The van der Waals surface area contributed by atoms with E-state index in [1.165, 1.54) is 0 Å². The van der Waals surface area contributed by atoms with Crippen molar-refractivity contribution in [2.75, 3.05) is 13.7 Å². The molecule has 0 heterocycles. The van der Waals surface area contributed by atoms with E-state index in [0.29, 0.717) is 6.61 Å². The van der Waals surface area contributed by atoms with E-state index in [4.69, 9.17) is 9.47 Å². The van der Waals surface area contributed by atoms with Gasteiger partial charge in [-0.05, 0) is 31.0 Å². The summed E-state index contributed by atoms with van der Waals surface area (Å²) < 4.78 is 10.6. The molecule has 0 saturated carbocycles. The lowest BCUT2D eigenvalue weighted by atomic mass is 10.2. The zero-order valence-corrected chi connectivity index (χ0v) is 9.45. The Morgan fingerprint density at radius 3 is 2.47 bits per heavy atom. The van der Waals surface area contributed by atoms with Gasteiger partial charge in [0.2, 0.25) is 0 Å². The van der Waals surface area contributed by atoms with Crippen LogP contribution in [0.4, 0.5) is 0 Å². The first-order valence-electron chi connectivity index (χ1n) is 5.07. The molecule has 1 rings (SSSR count). The van der Waals surface area contributed by atoms with Crippen molar-refractivity contribution in [3.05, 3.63) is 42.0 Å². The van der Waals surface area contributed by atoms with Crippen molar-refractivity contribution in [2.45, 2.75) is 20.0 Å². The van der Waals surface area contributed by atoms with Crippen LogP contribution in [0.3, 0.4) is 0 Å². The van der Waals surface area contributed by atoms with E-state index in [-0.39, 0.29) is 0 Å². The molecule has 0 radical (unpaired) electrons. The molecule has 0 saturated heterocycles. The molecule has 2 nitrogen and oxygen atoms in total. The highest BCUT2D eigenvalue weighted by Gasteiger charge is 1.94. The molecule has 0 unspecified atom stereocenters. The zero-order chi connectivity index (χ0) is 11.1. The summed E-state index contributed by atoms with van der Waals surface area (Å²) in [5, 5.41) is 0. The average molecular weight is 206 g/mol. The minimum Gasteiger partial charge on any atom is -0.497 e. The number of hydrogen-bond donors (Lipinski definition) is 0. The van der Waals surface area contributed by atoms with Gasteiger partial charge in [-0.1, -0.05) is 17.7 Å². The second kappa shape index (κ2) is 6.25. The molecule has 0 fully saturated rings. The van der Waals surface area contributed by atoms with Crippen molar-refractivity contribution in [3.63, 3.8) is 0 Å². The number of hydrogen-bond acceptors (Lipinski definition) is 2. The molecule has 0 spiro atoms. The van der Waals surface area contributed by atoms with E-state index in [2.05, 4.69) is 6.58 Å². The van der Waals surface area contributed by atoms with Crippen LogP contribution in [0.5, 0.6) is 5.75 Å². The standard InChI is InChI=1S/C13H18O2/c1-11(2)8-9-15-10-12-4-6-13(14-3)7-5-12/h4-7H,1,8-10H2,2-3H3. The van der Waals surface area contributed by atoms with Gasteiger partial charge in [0, 0.05) is 0 Å². The third-order valence-corrected chi connectivity index (χ3v) is 2.10. The first-order valence-corrected chi connectivity index (χ1v) is 5.07. The second-order valence-corrected chi connectivity index (χ2v) is 3.61. The molecule has 82 valence electrons. The quantitative estimate of drug-likeness (QED) is 0.525. The lowest BCUT2D eigenvalue weighted by Crippen LogP contribution is -1.95. The third-order valence-electron chi connectivity index (χ3n) is 2.10. The second-order valence-electron chi connectivity index (χ2n) is 3.61. The molecular formula is C13H18O2. The zero-order valence-electron chi connectivity index (χ0n) is 9.45. The maximum Gasteiger partial charge on any atom is 0.118 e. The summed E-state index contributed by atoms with van der Waals surface area (Å²) in [6.45, 7) is 7.22. The number of benzene rings is 1. The topological polar surface area (TPSA) is 18.5 Å². The van der Waals surface area contributed by atoms with Crippen molar-refractivity contribution in [2.24, 2.45) is 0 Å². The molecule has 0 aliphatic rings. The van der Waals surface area contributed by atoms with Crippen LogP contribution in [0, 0.1) is 0 Å². The maximum absolute atomic E-state index is 5.50. The summed E-state index contributed by atoms with van der Waals surface area (Å²) in [5.74, 6) is 0.876. The van der Waals surface area contributed by atoms with Gasteiger partial charge in [-0.3, -0.25) is 0 Å². The Balaban J connectivity index is 2.28. The summed E-state index contributed by atoms with van der Waals surface area (Å²) in [7, 11) is 1.67. The van der Waals surface area contributed by atoms with E-state index in [1.807, 2.05) is 31.2 Å². The largest absolute Gasteiger partial charge is 0.497 e. The molecule has 0 amide bonds. The molecule has 15 heavy (non-hydrogen) atoms. The van der Waals surface area contributed by atoms with Gasteiger partial charge in [-0.25, -0.2) is 0 Å². The molecule has 0 N–H and O–H groups in total. The average Bonchev–Trinajstić information content (AvgIpc) is 2.25. The van der Waals surface area contributed by atoms with E-state index >= 15 is 0 Å². The van der Waals surface area contributed by atoms with Crippen LogP contribution in [0.25, 0.3) is 0 Å². The van der Waals surface area contributed by atoms with Gasteiger partial charge in [0.1, 0.15) is 5.75 Å². The molecule has 0 aromatic heterocycles. The fourth-order valence-electron chi connectivity index (χ4n) is 1.16. The maximum atomic E-state index is 5.50. The molecule has 0 atom stereocenters. The van der Waals surface area contributed by atoms with Crippen molar-refractivity contribution in [3.8, 4) is 5.75 Å². The molecule has 1 aromatic rings. The molecule has 1 aromatic carbocycles. The van der Waals surface area contributed by atoms with E-state index in [1.54, 1.807) is 7.11 Å². The minimum atomic E-state index is 0.650. The molecular weight excluding hydrogens is 188 g/mol. The van der Waals surface area contributed by atoms with Crippen LogP contribution < -0.4 is 4.74 Å². The normalized spacial score (nSPS) is 10.0. The number of rotatable bonds is 6. The van der Waals surface area contributed by atoms with Crippen LogP contribution in [0.1, 0.15) is 18.9 Å². The van der Waals surface area contributed by atoms with Gasteiger partial charge < -0.3 is 9.47 Å². The summed E-state index contributed by atoms with van der Waals surface area (Å²) >= 11 is 0. The van der Waals surface area contributed by atoms with Crippen LogP contribution in [-0.2, 0) is 11.3 Å². The molecule has 0 aliphatic heterocycles. The van der Waals surface area contributed by atoms with Gasteiger partial charge >= 0.3 is 0 Å². The fraction of sp³-hybridized carbons (Fsp3) is 0.385. The Hall–Kier alpha value is -1.28. The fourth-order valence-corrected chi connectivity index (χ4v) is 1.16. The van der Waals surface area contributed by atoms with Gasteiger partial charge in [0.05, 0.1) is 20.3 Å². The van der Waals surface area contributed by atoms with Gasteiger partial charge in [0.25, 0.3) is 0 Å². The first kappa shape index (κ1) is 11.8. The van der Waals surface area contributed by atoms with Crippen LogP contribution in [-0.4, -0.2) is 13.7 Å². The molecule has 0 aliphatic carbocycles. The van der Waals surface area contributed by atoms with E-state index < -0.39 is 0 Å². The Bertz CT molecular complexity index is 301. The molecule has 0 bridgehead atoms. The van der Waals surface area contributed by atoms with Crippen molar-refractivity contribution >= 4 is 0 Å². The first-order chi connectivity index (χ1) is 7.22. The third kappa shape index (κ3) is 4.66. The number of ether oxygens (including phenoxy) is 2. The Kier molecular flexibility index (Phi) is 4.91. The number of methoxy groups -OCH3 is 1. The van der Waals surface area contributed by atoms with Crippen molar-refractivity contribution in [1.29, 1.82) is 0 Å². The van der Waals surface area contributed by atoms with Crippen LogP contribution >= 0.6 is 0 Å². The Morgan fingerprint density at radius 2 is 1.93 bits per heavy atom. The van der Waals surface area contributed by atoms with E-state index in [9.17, 15) is 0 Å². The van der Waals surface area contributed by atoms with E-state index in [0.717, 1.165) is 29.9 Å². The van der Waals surface area contributed by atoms with Gasteiger partial charge in [0.15, 0.2) is 0 Å². The summed E-state index contributed by atoms with van der Waals surface area (Å²) in [6.07, 6.45) is 0.927. The predicted molar refractivity (Wildman–Crippen MR) is 62.1 cm³/mol.